The summed E-state index contributed by atoms with van der Waals surface area (Å²) in [6.45, 7) is 4.31. The number of carbonyl (C=O) groups is 1. The zero-order valence-corrected chi connectivity index (χ0v) is 21.2. The van der Waals surface area contributed by atoms with Crippen LogP contribution in [0.25, 0.3) is 22.2 Å². The highest BCUT2D eigenvalue weighted by Gasteiger charge is 2.45. The van der Waals surface area contributed by atoms with Crippen LogP contribution in [0, 0.1) is 17.2 Å². The van der Waals surface area contributed by atoms with Gasteiger partial charge in [-0.05, 0) is 18.9 Å². The molecule has 3 fully saturated rings. The van der Waals surface area contributed by atoms with Crippen molar-refractivity contribution < 1.29 is 23.7 Å². The van der Waals surface area contributed by atoms with E-state index in [0.717, 1.165) is 64.9 Å². The zero-order valence-electron chi connectivity index (χ0n) is 21.2. The molecule has 3 aliphatic heterocycles. The minimum Gasteiger partial charge on any atom is -0.485 e. The number of carbonyl (C=O) groups excluding carboxylic acids is 1. The van der Waals surface area contributed by atoms with Gasteiger partial charge in [0.15, 0.2) is 0 Å². The summed E-state index contributed by atoms with van der Waals surface area (Å²) in [5.41, 5.74) is 4.03. The van der Waals surface area contributed by atoms with E-state index in [1.54, 1.807) is 6.20 Å². The van der Waals surface area contributed by atoms with Crippen molar-refractivity contribution in [2.75, 3.05) is 38.4 Å². The molecule has 6 heterocycles. The van der Waals surface area contributed by atoms with Crippen LogP contribution in [0.1, 0.15) is 43.5 Å². The van der Waals surface area contributed by atoms with Gasteiger partial charge < -0.3 is 28.8 Å². The Balaban J connectivity index is 1.40. The van der Waals surface area contributed by atoms with Gasteiger partial charge in [0.05, 0.1) is 61.5 Å². The van der Waals surface area contributed by atoms with Gasteiger partial charge in [-0.1, -0.05) is 0 Å². The standard InChI is InChI=1S/C28H29N5O5/c1-16(34)31-26-8-21-22(12-33(24(21)11-30-26)18-6-17(7-18)10-29)23-9-25(38-19-13-36-14-19)20-2-4-37-28(27(20)32-23)3-5-35-15-28/h8-9,11-12,17-19H,2-7,13-15H2,1H3,(H,30,31,34). The second kappa shape index (κ2) is 9.05. The molecule has 1 spiro atoms. The second-order valence-corrected chi connectivity index (χ2v) is 10.7. The Hall–Kier alpha value is -3.52. The first kappa shape index (κ1) is 23.6. The Morgan fingerprint density at radius 1 is 1.26 bits per heavy atom. The van der Waals surface area contributed by atoms with Gasteiger partial charge in [-0.25, -0.2) is 9.97 Å². The van der Waals surface area contributed by atoms with Crippen LogP contribution in [-0.4, -0.2) is 59.6 Å². The van der Waals surface area contributed by atoms with Crippen molar-refractivity contribution in [2.24, 2.45) is 5.92 Å². The fraction of sp³-hybridized carbons (Fsp3) is 0.500. The van der Waals surface area contributed by atoms with Crippen LogP contribution < -0.4 is 10.1 Å². The molecule has 1 atom stereocenters. The topological polar surface area (TPSA) is 121 Å². The lowest BCUT2D eigenvalue weighted by atomic mass is 9.81. The highest BCUT2D eigenvalue weighted by Crippen LogP contribution is 2.46. The van der Waals surface area contributed by atoms with Crippen molar-refractivity contribution in [3.05, 3.63) is 35.8 Å². The minimum absolute atomic E-state index is 0.0165. The molecule has 1 aliphatic carbocycles. The smallest absolute Gasteiger partial charge is 0.222 e. The van der Waals surface area contributed by atoms with E-state index >= 15 is 0 Å². The minimum atomic E-state index is -0.576. The lowest BCUT2D eigenvalue weighted by Crippen LogP contribution is -2.40. The number of hydrogen-bond donors (Lipinski definition) is 1. The summed E-state index contributed by atoms with van der Waals surface area (Å²) in [6, 6.07) is 6.51. The molecular weight excluding hydrogens is 486 g/mol. The molecule has 0 radical (unpaired) electrons. The van der Waals surface area contributed by atoms with Crippen LogP contribution >= 0.6 is 0 Å². The van der Waals surface area contributed by atoms with E-state index in [-0.39, 0.29) is 24.0 Å². The molecule has 1 N–H and O–H groups in total. The van der Waals surface area contributed by atoms with Gasteiger partial charge >= 0.3 is 0 Å². The normalized spacial score (nSPS) is 26.4. The van der Waals surface area contributed by atoms with Crippen LogP contribution in [0.5, 0.6) is 5.75 Å². The number of ether oxygens (including phenoxy) is 4. The van der Waals surface area contributed by atoms with Crippen molar-refractivity contribution in [3.63, 3.8) is 0 Å². The second-order valence-electron chi connectivity index (χ2n) is 10.7. The number of fused-ring (bicyclic) bond motifs is 3. The van der Waals surface area contributed by atoms with Crippen molar-refractivity contribution in [2.45, 2.75) is 50.4 Å². The summed E-state index contributed by atoms with van der Waals surface area (Å²) in [4.78, 5) is 21.5. The Morgan fingerprint density at radius 3 is 2.84 bits per heavy atom. The molecule has 10 heteroatoms. The van der Waals surface area contributed by atoms with E-state index in [1.807, 2.05) is 12.1 Å². The highest BCUT2D eigenvalue weighted by atomic mass is 16.6. The van der Waals surface area contributed by atoms with Gasteiger partial charge in [0, 0.05) is 61.2 Å². The van der Waals surface area contributed by atoms with Crippen molar-refractivity contribution >= 4 is 22.6 Å². The molecule has 10 nitrogen and oxygen atoms in total. The molecule has 1 saturated carbocycles. The summed E-state index contributed by atoms with van der Waals surface area (Å²) in [5.74, 6) is 1.19. The fourth-order valence-corrected chi connectivity index (χ4v) is 5.96. The summed E-state index contributed by atoms with van der Waals surface area (Å²) >= 11 is 0. The Bertz CT molecular complexity index is 1460. The Kier molecular flexibility index (Phi) is 5.62. The molecule has 1 amide bonds. The predicted molar refractivity (Wildman–Crippen MR) is 137 cm³/mol. The number of nitrogens with one attached hydrogen (secondary N) is 1. The molecule has 1 unspecified atom stereocenters. The van der Waals surface area contributed by atoms with Gasteiger partial charge in [-0.15, -0.1) is 0 Å². The number of amides is 1. The number of nitriles is 1. The third-order valence-electron chi connectivity index (χ3n) is 8.12. The van der Waals surface area contributed by atoms with Gasteiger partial charge in [0.1, 0.15) is 23.3 Å². The van der Waals surface area contributed by atoms with Crippen LogP contribution in [0.2, 0.25) is 0 Å². The maximum absolute atomic E-state index is 11.8. The zero-order chi connectivity index (χ0) is 25.9. The molecule has 38 heavy (non-hydrogen) atoms. The number of anilines is 1. The van der Waals surface area contributed by atoms with E-state index in [4.69, 9.17) is 23.9 Å². The van der Waals surface area contributed by atoms with E-state index in [1.165, 1.54) is 6.92 Å². The van der Waals surface area contributed by atoms with Crippen LogP contribution in [-0.2, 0) is 31.0 Å². The maximum Gasteiger partial charge on any atom is 0.222 e. The molecule has 0 bridgehead atoms. The van der Waals surface area contributed by atoms with Crippen LogP contribution in [0.3, 0.4) is 0 Å². The average molecular weight is 516 g/mol. The largest absolute Gasteiger partial charge is 0.485 e. The Morgan fingerprint density at radius 2 is 2.13 bits per heavy atom. The number of rotatable bonds is 5. The first-order chi connectivity index (χ1) is 18.5. The number of pyridine rings is 2. The number of nitrogens with zero attached hydrogens (tertiary/aromatic N) is 4. The molecule has 196 valence electrons. The molecule has 7 rings (SSSR count). The average Bonchev–Trinajstić information content (AvgIpc) is 3.46. The molecule has 4 aliphatic rings. The summed E-state index contributed by atoms with van der Waals surface area (Å²) < 4.78 is 26.1. The monoisotopic (exact) mass is 515 g/mol. The summed E-state index contributed by atoms with van der Waals surface area (Å²) in [6.07, 6.45) is 6.99. The quantitative estimate of drug-likeness (QED) is 0.548. The molecule has 3 aromatic rings. The first-order valence-electron chi connectivity index (χ1n) is 13.2. The third kappa shape index (κ3) is 3.85. The van der Waals surface area contributed by atoms with E-state index in [0.29, 0.717) is 38.9 Å². The molecule has 0 aromatic carbocycles. The fourth-order valence-electron chi connectivity index (χ4n) is 5.96. The maximum atomic E-state index is 11.8. The van der Waals surface area contributed by atoms with Crippen molar-refractivity contribution in [3.8, 4) is 23.1 Å². The van der Waals surface area contributed by atoms with Crippen LogP contribution in [0.15, 0.2) is 24.5 Å². The lowest BCUT2D eigenvalue weighted by molar-refractivity contribution is -0.114. The Labute approximate surface area is 219 Å². The van der Waals surface area contributed by atoms with E-state index in [9.17, 15) is 10.1 Å². The van der Waals surface area contributed by atoms with Crippen molar-refractivity contribution in [1.82, 2.24) is 14.5 Å². The van der Waals surface area contributed by atoms with Crippen LogP contribution in [0.4, 0.5) is 5.82 Å². The lowest BCUT2D eigenvalue weighted by Gasteiger charge is -2.36. The van der Waals surface area contributed by atoms with E-state index in [2.05, 4.69) is 27.1 Å². The number of hydrogen-bond acceptors (Lipinski definition) is 8. The summed E-state index contributed by atoms with van der Waals surface area (Å²) in [7, 11) is 0. The van der Waals surface area contributed by atoms with Gasteiger partial charge in [-0.3, -0.25) is 4.79 Å². The molecule has 2 saturated heterocycles. The van der Waals surface area contributed by atoms with Gasteiger partial charge in [0.2, 0.25) is 5.91 Å². The van der Waals surface area contributed by atoms with Gasteiger partial charge in [0.25, 0.3) is 0 Å². The number of aromatic nitrogens is 3. The van der Waals surface area contributed by atoms with Gasteiger partial charge in [-0.2, -0.15) is 5.26 Å². The first-order valence-corrected chi connectivity index (χ1v) is 13.2. The summed E-state index contributed by atoms with van der Waals surface area (Å²) in [5, 5.41) is 13.1. The molecular formula is C28H29N5O5. The van der Waals surface area contributed by atoms with Crippen molar-refractivity contribution in [1.29, 1.82) is 5.26 Å². The third-order valence-corrected chi connectivity index (χ3v) is 8.12. The SMILES string of the molecule is CC(=O)Nc1cc2c(-c3cc(OC4COC4)c4c(n3)C3(CCOC3)OCC4)cn(C3CC(C#N)C3)c2cn1. The molecule has 3 aromatic heterocycles. The highest BCUT2D eigenvalue weighted by molar-refractivity contribution is 5.98. The predicted octanol–water partition coefficient (Wildman–Crippen LogP) is 3.50. The van der Waals surface area contributed by atoms with E-state index < -0.39 is 5.60 Å².